The molecule has 0 aliphatic heterocycles. The Balaban J connectivity index is 1.52. The molecule has 1 N–H and O–H groups in total. The molecule has 0 atom stereocenters. The molecule has 34 heavy (non-hydrogen) atoms. The predicted molar refractivity (Wildman–Crippen MR) is 128 cm³/mol. The van der Waals surface area contributed by atoms with Gasteiger partial charge < -0.3 is 9.52 Å². The van der Waals surface area contributed by atoms with Crippen molar-refractivity contribution in [3.05, 3.63) is 114 Å². The first-order valence-corrected chi connectivity index (χ1v) is 11.2. The molecule has 0 amide bonds. The topological polar surface area (TPSA) is 115 Å². The van der Waals surface area contributed by atoms with E-state index < -0.39 is 17.1 Å². The van der Waals surface area contributed by atoms with Gasteiger partial charge in [-0.05, 0) is 35.9 Å². The van der Waals surface area contributed by atoms with Crippen molar-refractivity contribution < 1.29 is 14.3 Å². The lowest BCUT2D eigenvalue weighted by atomic mass is 10.1. The second-order valence-corrected chi connectivity index (χ2v) is 8.75. The van der Waals surface area contributed by atoms with E-state index in [0.29, 0.717) is 21.6 Å². The summed E-state index contributed by atoms with van der Waals surface area (Å²) in [7, 11) is 0. The van der Waals surface area contributed by atoms with Crippen LogP contribution in [0.15, 0.2) is 74.7 Å². The van der Waals surface area contributed by atoms with Gasteiger partial charge in [-0.15, -0.1) is 0 Å². The van der Waals surface area contributed by atoms with E-state index in [4.69, 9.17) is 16.0 Å². The van der Waals surface area contributed by atoms with Gasteiger partial charge in [-0.3, -0.25) is 9.59 Å². The van der Waals surface area contributed by atoms with Crippen molar-refractivity contribution in [3.8, 4) is 11.3 Å². The lowest BCUT2D eigenvalue weighted by Crippen LogP contribution is -2.28. The second kappa shape index (κ2) is 8.69. The van der Waals surface area contributed by atoms with Gasteiger partial charge in [-0.2, -0.15) is 14.6 Å². The molecule has 0 saturated carbocycles. The number of fused-ring (bicyclic) bond motifs is 1. The highest BCUT2D eigenvalue weighted by Crippen LogP contribution is 2.27. The molecule has 3 aromatic heterocycles. The van der Waals surface area contributed by atoms with Crippen LogP contribution in [-0.2, 0) is 6.42 Å². The molecule has 3 heterocycles. The first-order valence-electron chi connectivity index (χ1n) is 10.0. The molecule has 2 aromatic carbocycles. The number of carboxylic acids is 1. The van der Waals surface area contributed by atoms with Crippen LogP contribution in [0.2, 0.25) is 5.02 Å². The van der Waals surface area contributed by atoms with E-state index in [2.05, 4.69) is 10.1 Å². The monoisotopic (exact) mass is 491 g/mol. The molecule has 5 rings (SSSR count). The molecule has 0 aliphatic rings. The summed E-state index contributed by atoms with van der Waals surface area (Å²) in [5.74, 6) is -0.360. The maximum atomic E-state index is 12.9. The highest BCUT2D eigenvalue weighted by Gasteiger charge is 2.14. The molecule has 0 fully saturated rings. The molecule has 0 saturated heterocycles. The predicted octanol–water partition coefficient (Wildman–Crippen LogP) is 3.26. The van der Waals surface area contributed by atoms with Gasteiger partial charge in [0.2, 0.25) is 4.96 Å². The highest BCUT2D eigenvalue weighted by atomic mass is 35.5. The number of carboxylic acid groups (broad SMARTS) is 1. The fourth-order valence-electron chi connectivity index (χ4n) is 3.40. The minimum absolute atomic E-state index is 0.0410. The van der Waals surface area contributed by atoms with Crippen LogP contribution >= 0.6 is 22.9 Å². The molecule has 0 aliphatic carbocycles. The van der Waals surface area contributed by atoms with E-state index in [1.165, 1.54) is 18.2 Å². The van der Waals surface area contributed by atoms with E-state index in [0.717, 1.165) is 21.4 Å². The van der Waals surface area contributed by atoms with Crippen molar-refractivity contribution in [1.82, 2.24) is 14.6 Å². The van der Waals surface area contributed by atoms with Crippen molar-refractivity contribution in [3.63, 3.8) is 0 Å². The normalized spacial score (nSPS) is 11.9. The molecule has 168 valence electrons. The first kappa shape index (κ1) is 21.7. The maximum Gasteiger partial charge on any atom is 0.337 e. The number of thiazole rings is 1. The Labute approximate surface area is 200 Å². The number of hydrogen-bond donors (Lipinski definition) is 1. The lowest BCUT2D eigenvalue weighted by molar-refractivity contribution is 0.0697. The number of hydrogen-bond acceptors (Lipinski definition) is 7. The molecular weight excluding hydrogens is 478 g/mol. The van der Waals surface area contributed by atoms with Crippen molar-refractivity contribution >= 4 is 39.9 Å². The van der Waals surface area contributed by atoms with Gasteiger partial charge >= 0.3 is 5.97 Å². The van der Waals surface area contributed by atoms with Crippen molar-refractivity contribution in [1.29, 1.82) is 0 Å². The van der Waals surface area contributed by atoms with Gasteiger partial charge in [0, 0.05) is 18.1 Å². The summed E-state index contributed by atoms with van der Waals surface area (Å²) in [5.41, 5.74) is 0.663. The molecule has 0 bridgehead atoms. The smallest absolute Gasteiger partial charge is 0.337 e. The van der Waals surface area contributed by atoms with Gasteiger partial charge in [-0.1, -0.05) is 53.3 Å². The quantitative estimate of drug-likeness (QED) is 0.401. The number of halogens is 1. The molecule has 0 unspecified atom stereocenters. The fourth-order valence-corrected chi connectivity index (χ4v) is 4.48. The summed E-state index contributed by atoms with van der Waals surface area (Å²) in [5, 5.41) is 13.6. The standard InChI is InChI=1S/C24H14ClN3O5S/c25-17-8-6-14(11-16(17)23(31)32)19-9-7-15(33-19)12-20-22(30)28-24(34-20)26-21(29)18(27-28)10-13-4-2-1-3-5-13/h1-9,11-12H,10H2,(H,31,32). The summed E-state index contributed by atoms with van der Waals surface area (Å²) >= 11 is 6.95. The zero-order valence-corrected chi connectivity index (χ0v) is 18.8. The number of benzene rings is 2. The largest absolute Gasteiger partial charge is 0.478 e. The number of aromatic carboxylic acids is 1. The van der Waals surface area contributed by atoms with Gasteiger partial charge in [-0.25, -0.2) is 4.79 Å². The maximum absolute atomic E-state index is 12.9. The molecular formula is C24H14ClN3O5S. The third-order valence-corrected chi connectivity index (χ3v) is 6.33. The van der Waals surface area contributed by atoms with E-state index in [-0.39, 0.29) is 27.7 Å². The van der Waals surface area contributed by atoms with Crippen molar-refractivity contribution in [2.24, 2.45) is 0 Å². The van der Waals surface area contributed by atoms with Crippen LogP contribution in [0, 0.1) is 0 Å². The minimum atomic E-state index is -1.15. The Hall–Kier alpha value is -4.08. The van der Waals surface area contributed by atoms with E-state index in [1.807, 2.05) is 30.3 Å². The summed E-state index contributed by atoms with van der Waals surface area (Å²) in [6.45, 7) is 0. The summed E-state index contributed by atoms with van der Waals surface area (Å²) in [6, 6.07) is 17.2. The number of rotatable bonds is 5. The van der Waals surface area contributed by atoms with Gasteiger partial charge in [0.25, 0.3) is 11.1 Å². The molecule has 10 heteroatoms. The Bertz CT molecular complexity index is 1720. The number of carbonyl (C=O) groups is 1. The van der Waals surface area contributed by atoms with E-state index in [1.54, 1.807) is 18.2 Å². The second-order valence-electron chi connectivity index (χ2n) is 7.34. The van der Waals surface area contributed by atoms with Crippen LogP contribution in [0.3, 0.4) is 0 Å². The number of aromatic nitrogens is 3. The van der Waals surface area contributed by atoms with Crippen LogP contribution < -0.4 is 15.7 Å². The molecule has 5 aromatic rings. The zero-order valence-electron chi connectivity index (χ0n) is 17.3. The fraction of sp³-hybridized carbons (Fsp3) is 0.0417. The van der Waals surface area contributed by atoms with Crippen LogP contribution in [0.4, 0.5) is 0 Å². The third kappa shape index (κ3) is 4.14. The lowest BCUT2D eigenvalue weighted by Gasteiger charge is -2.01. The molecule has 8 nitrogen and oxygen atoms in total. The van der Waals surface area contributed by atoms with Crippen molar-refractivity contribution in [2.45, 2.75) is 6.42 Å². The van der Waals surface area contributed by atoms with Crippen LogP contribution in [0.1, 0.15) is 27.4 Å². The zero-order chi connectivity index (χ0) is 23.8. The number of nitrogens with zero attached hydrogens (tertiary/aromatic N) is 3. The van der Waals surface area contributed by atoms with E-state index in [9.17, 15) is 19.5 Å². The average molecular weight is 492 g/mol. The first-order chi connectivity index (χ1) is 16.4. The van der Waals surface area contributed by atoms with Gasteiger partial charge in [0.15, 0.2) is 0 Å². The van der Waals surface area contributed by atoms with Crippen LogP contribution in [0.5, 0.6) is 0 Å². The van der Waals surface area contributed by atoms with E-state index >= 15 is 0 Å². The molecule has 0 radical (unpaired) electrons. The Kier molecular flexibility index (Phi) is 5.56. The number of furan rings is 1. The molecule has 0 spiro atoms. The third-order valence-electron chi connectivity index (χ3n) is 5.05. The Morgan fingerprint density at radius 2 is 1.91 bits per heavy atom. The van der Waals surface area contributed by atoms with Crippen LogP contribution in [-0.4, -0.2) is 25.7 Å². The summed E-state index contributed by atoms with van der Waals surface area (Å²) in [6.07, 6.45) is 1.80. The summed E-state index contributed by atoms with van der Waals surface area (Å²) < 4.78 is 7.20. The Morgan fingerprint density at radius 1 is 1.12 bits per heavy atom. The highest BCUT2D eigenvalue weighted by molar-refractivity contribution is 7.15. The van der Waals surface area contributed by atoms with Gasteiger partial charge in [0.05, 0.1) is 10.6 Å². The average Bonchev–Trinajstić information content (AvgIpc) is 3.40. The SMILES string of the molecule is O=C(O)c1cc(-c2ccc(C=c3sc4nc(=O)c(Cc5ccccc5)nn4c3=O)o2)ccc1Cl. The van der Waals surface area contributed by atoms with Crippen molar-refractivity contribution in [2.75, 3.05) is 0 Å². The Morgan fingerprint density at radius 3 is 2.68 bits per heavy atom. The van der Waals surface area contributed by atoms with Gasteiger partial charge in [0.1, 0.15) is 21.7 Å². The minimum Gasteiger partial charge on any atom is -0.478 e. The summed E-state index contributed by atoms with van der Waals surface area (Å²) in [4.78, 5) is 40.9. The van der Waals surface area contributed by atoms with Crippen LogP contribution in [0.25, 0.3) is 22.4 Å².